The topological polar surface area (TPSA) is 49.8 Å². The van der Waals surface area contributed by atoms with Crippen molar-refractivity contribution in [1.29, 1.82) is 0 Å². The van der Waals surface area contributed by atoms with E-state index >= 15 is 0 Å². The Morgan fingerprint density at radius 3 is 2.69 bits per heavy atom. The third-order valence-corrected chi connectivity index (χ3v) is 2.32. The molecule has 0 spiro atoms. The molecule has 1 fully saturated rings. The number of aliphatic hydroxyl groups excluding tert-OH is 1. The number of amides is 1. The first-order chi connectivity index (χ1) is 7.42. The molecule has 1 heterocycles. The van der Waals surface area contributed by atoms with Gasteiger partial charge in [-0.3, -0.25) is 4.79 Å². The quantitative estimate of drug-likeness (QED) is 0.709. The van der Waals surface area contributed by atoms with E-state index in [9.17, 15) is 18.0 Å². The molecule has 1 amide bonds. The number of halogens is 3. The van der Waals surface area contributed by atoms with E-state index in [4.69, 9.17) is 5.11 Å². The fraction of sp³-hybridized carbons (Fsp3) is 0.889. The van der Waals surface area contributed by atoms with Gasteiger partial charge in [-0.05, 0) is 0 Å². The van der Waals surface area contributed by atoms with Crippen molar-refractivity contribution in [3.63, 3.8) is 0 Å². The molecule has 0 aromatic heterocycles. The standard InChI is InChI=1S/C9H14F3NO3/c10-9(11,12)6-16-2-1-13-4-7(5-14)3-8(13)15/h7,14H,1-6H2. The number of hydrogen-bond donors (Lipinski definition) is 1. The molecule has 0 aromatic carbocycles. The Hall–Kier alpha value is -0.820. The molecule has 7 heteroatoms. The number of aliphatic hydroxyl groups is 1. The molecule has 1 atom stereocenters. The Kier molecular flexibility index (Phi) is 4.55. The van der Waals surface area contributed by atoms with E-state index in [0.29, 0.717) is 6.54 Å². The van der Waals surface area contributed by atoms with Gasteiger partial charge in [-0.15, -0.1) is 0 Å². The molecule has 0 aromatic rings. The number of ether oxygens (including phenoxy) is 1. The van der Waals surface area contributed by atoms with Crippen LogP contribution in [-0.4, -0.2) is 55.0 Å². The maximum atomic E-state index is 11.7. The van der Waals surface area contributed by atoms with Crippen LogP contribution in [0.5, 0.6) is 0 Å². The molecule has 1 rings (SSSR count). The van der Waals surface area contributed by atoms with Crippen LogP contribution in [0.4, 0.5) is 13.2 Å². The summed E-state index contributed by atoms with van der Waals surface area (Å²) in [6, 6.07) is 0. The van der Waals surface area contributed by atoms with Crippen molar-refractivity contribution in [1.82, 2.24) is 4.90 Å². The zero-order valence-electron chi connectivity index (χ0n) is 8.66. The van der Waals surface area contributed by atoms with Gasteiger partial charge >= 0.3 is 6.18 Å². The Bertz CT molecular complexity index is 245. The van der Waals surface area contributed by atoms with Crippen LogP contribution in [0.2, 0.25) is 0 Å². The Balaban J connectivity index is 2.16. The number of nitrogens with zero attached hydrogens (tertiary/aromatic N) is 1. The Labute approximate surface area is 91.0 Å². The van der Waals surface area contributed by atoms with Gasteiger partial charge in [-0.2, -0.15) is 13.2 Å². The second-order valence-electron chi connectivity index (χ2n) is 3.76. The van der Waals surface area contributed by atoms with Crippen LogP contribution in [0, 0.1) is 5.92 Å². The molecule has 1 aliphatic heterocycles. The lowest BCUT2D eigenvalue weighted by atomic mass is 10.1. The first-order valence-electron chi connectivity index (χ1n) is 4.95. The van der Waals surface area contributed by atoms with Gasteiger partial charge in [0, 0.05) is 32.0 Å². The van der Waals surface area contributed by atoms with Crippen molar-refractivity contribution in [3.8, 4) is 0 Å². The van der Waals surface area contributed by atoms with Gasteiger partial charge in [0.25, 0.3) is 0 Å². The molecular weight excluding hydrogens is 227 g/mol. The van der Waals surface area contributed by atoms with Crippen molar-refractivity contribution in [3.05, 3.63) is 0 Å². The van der Waals surface area contributed by atoms with E-state index in [1.54, 1.807) is 0 Å². The van der Waals surface area contributed by atoms with Crippen LogP contribution in [0.25, 0.3) is 0 Å². The van der Waals surface area contributed by atoms with Crippen LogP contribution in [0.3, 0.4) is 0 Å². The van der Waals surface area contributed by atoms with Gasteiger partial charge in [0.2, 0.25) is 5.91 Å². The van der Waals surface area contributed by atoms with Crippen LogP contribution >= 0.6 is 0 Å². The average molecular weight is 241 g/mol. The van der Waals surface area contributed by atoms with Crippen molar-refractivity contribution in [2.24, 2.45) is 5.92 Å². The van der Waals surface area contributed by atoms with Gasteiger partial charge in [0.05, 0.1) is 6.61 Å². The van der Waals surface area contributed by atoms with Crippen molar-refractivity contribution in [2.75, 3.05) is 32.9 Å². The van der Waals surface area contributed by atoms with Gasteiger partial charge in [0.1, 0.15) is 6.61 Å². The highest BCUT2D eigenvalue weighted by Gasteiger charge is 2.30. The fourth-order valence-electron chi connectivity index (χ4n) is 1.56. The molecule has 0 bridgehead atoms. The molecule has 1 aliphatic rings. The van der Waals surface area contributed by atoms with Crippen molar-refractivity contribution < 1.29 is 27.8 Å². The first-order valence-corrected chi connectivity index (χ1v) is 4.95. The normalized spacial score (nSPS) is 21.9. The summed E-state index contributed by atoms with van der Waals surface area (Å²) in [6.45, 7) is -0.969. The number of alkyl halides is 3. The molecule has 1 saturated heterocycles. The van der Waals surface area contributed by atoms with Gasteiger partial charge in [0.15, 0.2) is 0 Å². The molecular formula is C9H14F3NO3. The predicted octanol–water partition coefficient (Wildman–Crippen LogP) is 0.406. The van der Waals surface area contributed by atoms with Crippen LogP contribution in [-0.2, 0) is 9.53 Å². The SMILES string of the molecule is O=C1CC(CO)CN1CCOCC(F)(F)F. The van der Waals surface area contributed by atoms with E-state index < -0.39 is 12.8 Å². The molecule has 0 radical (unpaired) electrons. The summed E-state index contributed by atoms with van der Waals surface area (Å²) >= 11 is 0. The highest BCUT2D eigenvalue weighted by Crippen LogP contribution is 2.17. The minimum atomic E-state index is -4.33. The maximum absolute atomic E-state index is 11.7. The summed E-state index contributed by atoms with van der Waals surface area (Å²) in [5.41, 5.74) is 0. The summed E-state index contributed by atoms with van der Waals surface area (Å²) in [5, 5.41) is 8.82. The van der Waals surface area contributed by atoms with Crippen LogP contribution in [0.1, 0.15) is 6.42 Å². The van der Waals surface area contributed by atoms with E-state index in [0.717, 1.165) is 0 Å². The molecule has 94 valence electrons. The highest BCUT2D eigenvalue weighted by molar-refractivity contribution is 5.78. The summed E-state index contributed by atoms with van der Waals surface area (Å²) in [7, 11) is 0. The summed E-state index contributed by atoms with van der Waals surface area (Å²) in [5.74, 6) is -0.246. The number of rotatable bonds is 5. The summed E-state index contributed by atoms with van der Waals surface area (Å²) in [4.78, 5) is 12.7. The largest absolute Gasteiger partial charge is 0.411 e. The minimum absolute atomic E-state index is 0.0777. The van der Waals surface area contributed by atoms with Gasteiger partial charge in [-0.25, -0.2) is 0 Å². The highest BCUT2D eigenvalue weighted by atomic mass is 19.4. The number of carbonyl (C=O) groups excluding carboxylic acids is 1. The van der Waals surface area contributed by atoms with Gasteiger partial charge < -0.3 is 14.7 Å². The van der Waals surface area contributed by atoms with Crippen molar-refractivity contribution in [2.45, 2.75) is 12.6 Å². The number of likely N-dealkylation sites (tertiary alicyclic amines) is 1. The summed E-state index contributed by atoms with van der Waals surface area (Å²) in [6.07, 6.45) is -4.07. The fourth-order valence-corrected chi connectivity index (χ4v) is 1.56. The van der Waals surface area contributed by atoms with E-state index in [2.05, 4.69) is 4.74 Å². The predicted molar refractivity (Wildman–Crippen MR) is 48.6 cm³/mol. The van der Waals surface area contributed by atoms with Crippen LogP contribution in [0.15, 0.2) is 0 Å². The molecule has 16 heavy (non-hydrogen) atoms. The van der Waals surface area contributed by atoms with E-state index in [1.165, 1.54) is 4.90 Å². The third-order valence-electron chi connectivity index (χ3n) is 2.32. The summed E-state index contributed by atoms with van der Waals surface area (Å²) < 4.78 is 39.5. The molecule has 4 nitrogen and oxygen atoms in total. The van der Waals surface area contributed by atoms with E-state index in [-0.39, 0.29) is 38.0 Å². The zero-order valence-corrected chi connectivity index (χ0v) is 8.66. The van der Waals surface area contributed by atoms with Gasteiger partial charge in [-0.1, -0.05) is 0 Å². The van der Waals surface area contributed by atoms with Crippen molar-refractivity contribution >= 4 is 5.91 Å². The molecule has 0 aliphatic carbocycles. The second kappa shape index (κ2) is 5.49. The Morgan fingerprint density at radius 2 is 2.19 bits per heavy atom. The zero-order chi connectivity index (χ0) is 12.2. The lowest BCUT2D eigenvalue weighted by Crippen LogP contribution is -2.30. The van der Waals surface area contributed by atoms with E-state index in [1.807, 2.05) is 0 Å². The smallest absolute Gasteiger partial charge is 0.396 e. The minimum Gasteiger partial charge on any atom is -0.396 e. The first kappa shape index (κ1) is 13.2. The maximum Gasteiger partial charge on any atom is 0.411 e. The lowest BCUT2D eigenvalue weighted by Gasteiger charge is -2.16. The Morgan fingerprint density at radius 1 is 1.50 bits per heavy atom. The molecule has 0 saturated carbocycles. The lowest BCUT2D eigenvalue weighted by molar-refractivity contribution is -0.174. The average Bonchev–Trinajstić information content (AvgIpc) is 2.53. The molecule has 1 N–H and O–H groups in total. The second-order valence-corrected chi connectivity index (χ2v) is 3.76. The van der Waals surface area contributed by atoms with Crippen LogP contribution < -0.4 is 0 Å². The molecule has 1 unspecified atom stereocenters. The number of carbonyl (C=O) groups is 1. The number of hydrogen-bond acceptors (Lipinski definition) is 3. The third kappa shape index (κ3) is 4.36. The monoisotopic (exact) mass is 241 g/mol.